The lowest BCUT2D eigenvalue weighted by Gasteiger charge is -2.35. The summed E-state index contributed by atoms with van der Waals surface area (Å²) in [6.45, 7) is 1.51. The molecule has 0 unspecified atom stereocenters. The number of nitro benzene ring substituents is 1. The van der Waals surface area contributed by atoms with Crippen molar-refractivity contribution in [3.63, 3.8) is 0 Å². The molecule has 1 aliphatic carbocycles. The van der Waals surface area contributed by atoms with Crippen LogP contribution >= 0.6 is 0 Å². The van der Waals surface area contributed by atoms with Crippen molar-refractivity contribution in [1.29, 1.82) is 0 Å². The quantitative estimate of drug-likeness (QED) is 0.595. The van der Waals surface area contributed by atoms with Gasteiger partial charge in [-0.05, 0) is 43.7 Å². The minimum absolute atomic E-state index is 0.0256. The molecule has 1 aromatic carbocycles. The summed E-state index contributed by atoms with van der Waals surface area (Å²) in [6, 6.07) is 4.15. The SMILES string of the molecule is CN(CC1CC(O)C1)c1ccc(S(=O)(=O)N2CCCCC2)cc1[N+](=O)[O-]. The molecule has 1 saturated carbocycles. The summed E-state index contributed by atoms with van der Waals surface area (Å²) >= 11 is 0. The van der Waals surface area contributed by atoms with Crippen molar-refractivity contribution in [3.05, 3.63) is 28.3 Å². The van der Waals surface area contributed by atoms with Gasteiger partial charge in [0.25, 0.3) is 5.69 Å². The van der Waals surface area contributed by atoms with Crippen molar-refractivity contribution in [2.75, 3.05) is 31.6 Å². The molecule has 0 amide bonds. The van der Waals surface area contributed by atoms with Gasteiger partial charge >= 0.3 is 0 Å². The molecule has 1 aromatic rings. The summed E-state index contributed by atoms with van der Waals surface area (Å²) < 4.78 is 27.0. The molecule has 9 heteroatoms. The van der Waals surface area contributed by atoms with Crippen LogP contribution in [0.15, 0.2) is 23.1 Å². The number of hydrogen-bond donors (Lipinski definition) is 1. The van der Waals surface area contributed by atoms with Gasteiger partial charge in [-0.2, -0.15) is 4.31 Å². The topological polar surface area (TPSA) is 104 Å². The molecule has 2 aliphatic rings. The molecular formula is C17H25N3O5S. The molecule has 0 spiro atoms. The highest BCUT2D eigenvalue weighted by molar-refractivity contribution is 7.89. The number of nitro groups is 1. The first-order chi connectivity index (χ1) is 12.3. The average Bonchev–Trinajstić information content (AvgIpc) is 2.60. The Morgan fingerprint density at radius 3 is 2.50 bits per heavy atom. The molecule has 26 heavy (non-hydrogen) atoms. The second-order valence-corrected chi connectivity index (χ2v) is 9.18. The van der Waals surface area contributed by atoms with Crippen LogP contribution in [0.25, 0.3) is 0 Å². The number of nitrogens with zero attached hydrogens (tertiary/aromatic N) is 3. The van der Waals surface area contributed by atoms with E-state index in [1.807, 2.05) is 0 Å². The molecule has 0 aromatic heterocycles. The normalized spacial score (nSPS) is 24.1. The fourth-order valence-corrected chi connectivity index (χ4v) is 5.26. The Balaban J connectivity index is 1.85. The Bertz CT molecular complexity index is 771. The lowest BCUT2D eigenvalue weighted by atomic mass is 9.82. The lowest BCUT2D eigenvalue weighted by molar-refractivity contribution is -0.384. The number of piperidine rings is 1. The summed E-state index contributed by atoms with van der Waals surface area (Å²) in [5.41, 5.74) is 0.194. The first kappa shape index (κ1) is 19.1. The highest BCUT2D eigenvalue weighted by Crippen LogP contribution is 2.34. The van der Waals surface area contributed by atoms with Gasteiger partial charge in [-0.1, -0.05) is 6.42 Å². The van der Waals surface area contributed by atoms with Crippen LogP contribution in [-0.2, 0) is 10.0 Å². The van der Waals surface area contributed by atoms with Crippen molar-refractivity contribution >= 4 is 21.4 Å². The van der Waals surface area contributed by atoms with E-state index in [-0.39, 0.29) is 16.7 Å². The van der Waals surface area contributed by atoms with Crippen LogP contribution in [0.4, 0.5) is 11.4 Å². The van der Waals surface area contributed by atoms with E-state index in [0.717, 1.165) is 19.3 Å². The Kier molecular flexibility index (Phi) is 5.50. The van der Waals surface area contributed by atoms with Crippen LogP contribution in [0.3, 0.4) is 0 Å². The molecule has 144 valence electrons. The summed E-state index contributed by atoms with van der Waals surface area (Å²) in [5, 5.41) is 20.9. The van der Waals surface area contributed by atoms with Crippen molar-refractivity contribution in [2.24, 2.45) is 5.92 Å². The fourth-order valence-electron chi connectivity index (χ4n) is 3.72. The zero-order valence-corrected chi connectivity index (χ0v) is 15.7. The smallest absolute Gasteiger partial charge is 0.293 e. The third-order valence-corrected chi connectivity index (χ3v) is 7.15. The lowest BCUT2D eigenvalue weighted by Crippen LogP contribution is -2.37. The summed E-state index contributed by atoms with van der Waals surface area (Å²) in [6.07, 6.45) is 3.75. The van der Waals surface area contributed by atoms with Gasteiger partial charge < -0.3 is 10.0 Å². The summed E-state index contributed by atoms with van der Waals surface area (Å²) in [4.78, 5) is 12.7. The largest absolute Gasteiger partial charge is 0.393 e. The van der Waals surface area contributed by atoms with E-state index in [1.54, 1.807) is 11.9 Å². The molecule has 2 fully saturated rings. The van der Waals surface area contributed by atoms with E-state index in [2.05, 4.69) is 0 Å². The fraction of sp³-hybridized carbons (Fsp3) is 0.647. The molecule has 1 heterocycles. The van der Waals surface area contributed by atoms with Crippen LogP contribution in [-0.4, -0.2) is 55.5 Å². The number of rotatable bonds is 6. The maximum absolute atomic E-state index is 12.8. The van der Waals surface area contributed by atoms with Crippen molar-refractivity contribution < 1.29 is 18.4 Å². The van der Waals surface area contributed by atoms with Gasteiger partial charge in [0.2, 0.25) is 10.0 Å². The van der Waals surface area contributed by atoms with Crippen LogP contribution in [0, 0.1) is 16.0 Å². The Hall–Kier alpha value is -1.71. The van der Waals surface area contributed by atoms with E-state index in [9.17, 15) is 23.6 Å². The third-order valence-electron chi connectivity index (χ3n) is 5.25. The standard InChI is InChI=1S/C17H25N3O5S/c1-18(12-13-9-14(21)10-13)16-6-5-15(11-17(16)20(22)23)26(24,25)19-7-3-2-4-8-19/h5-6,11,13-14,21H,2-4,7-10,12H2,1H3. The molecule has 0 radical (unpaired) electrons. The van der Waals surface area contributed by atoms with Crippen molar-refractivity contribution in [3.8, 4) is 0 Å². The second-order valence-electron chi connectivity index (χ2n) is 7.24. The molecule has 1 N–H and O–H groups in total. The molecule has 3 rings (SSSR count). The Labute approximate surface area is 153 Å². The molecular weight excluding hydrogens is 358 g/mol. The van der Waals surface area contributed by atoms with Crippen LogP contribution in [0.2, 0.25) is 0 Å². The van der Waals surface area contributed by atoms with E-state index in [1.165, 1.54) is 22.5 Å². The van der Waals surface area contributed by atoms with Crippen LogP contribution in [0.5, 0.6) is 0 Å². The van der Waals surface area contributed by atoms with Gasteiger partial charge in [0.15, 0.2) is 0 Å². The average molecular weight is 383 g/mol. The predicted molar refractivity (Wildman–Crippen MR) is 97.7 cm³/mol. The minimum atomic E-state index is -3.71. The monoisotopic (exact) mass is 383 g/mol. The molecule has 1 aliphatic heterocycles. The van der Waals surface area contributed by atoms with E-state index < -0.39 is 14.9 Å². The number of anilines is 1. The predicted octanol–water partition coefficient (Wildman–Crippen LogP) is 1.98. The van der Waals surface area contributed by atoms with Crippen LogP contribution < -0.4 is 4.90 Å². The van der Waals surface area contributed by atoms with E-state index in [4.69, 9.17) is 0 Å². The van der Waals surface area contributed by atoms with Gasteiger partial charge in [-0.15, -0.1) is 0 Å². The zero-order valence-electron chi connectivity index (χ0n) is 14.9. The number of sulfonamides is 1. The second kappa shape index (κ2) is 7.50. The van der Waals surface area contributed by atoms with Crippen molar-refractivity contribution in [2.45, 2.75) is 43.1 Å². The maximum Gasteiger partial charge on any atom is 0.293 e. The number of benzene rings is 1. The first-order valence-electron chi connectivity index (χ1n) is 8.97. The highest BCUT2D eigenvalue weighted by Gasteiger charge is 2.31. The number of hydrogen-bond acceptors (Lipinski definition) is 6. The van der Waals surface area contributed by atoms with E-state index in [0.29, 0.717) is 44.1 Å². The first-order valence-corrected chi connectivity index (χ1v) is 10.4. The van der Waals surface area contributed by atoms with Gasteiger partial charge in [-0.3, -0.25) is 10.1 Å². The van der Waals surface area contributed by atoms with Gasteiger partial charge in [0.05, 0.1) is 15.9 Å². The Morgan fingerprint density at radius 1 is 1.27 bits per heavy atom. The van der Waals surface area contributed by atoms with E-state index >= 15 is 0 Å². The number of aliphatic hydroxyl groups is 1. The maximum atomic E-state index is 12.8. The molecule has 0 bridgehead atoms. The number of aliphatic hydroxyl groups excluding tert-OH is 1. The van der Waals surface area contributed by atoms with Gasteiger partial charge in [0.1, 0.15) is 5.69 Å². The molecule has 1 saturated heterocycles. The van der Waals surface area contributed by atoms with Crippen molar-refractivity contribution in [1.82, 2.24) is 4.31 Å². The third kappa shape index (κ3) is 3.84. The molecule has 0 atom stereocenters. The Morgan fingerprint density at radius 2 is 1.92 bits per heavy atom. The van der Waals surface area contributed by atoms with Gasteiger partial charge in [0, 0.05) is 32.7 Å². The minimum Gasteiger partial charge on any atom is -0.393 e. The highest BCUT2D eigenvalue weighted by atomic mass is 32.2. The summed E-state index contributed by atoms with van der Waals surface area (Å²) in [7, 11) is -1.95. The van der Waals surface area contributed by atoms with Crippen LogP contribution in [0.1, 0.15) is 32.1 Å². The summed E-state index contributed by atoms with van der Waals surface area (Å²) in [5.74, 6) is 0.298. The van der Waals surface area contributed by atoms with Gasteiger partial charge in [-0.25, -0.2) is 8.42 Å². The zero-order chi connectivity index (χ0) is 18.9. The molecule has 8 nitrogen and oxygen atoms in total.